The fraction of sp³-hybridized carbons (Fsp3) is 0.190. The van der Waals surface area contributed by atoms with Crippen molar-refractivity contribution in [3.05, 3.63) is 71.4 Å². The number of rotatable bonds is 4. The first kappa shape index (κ1) is 17.1. The van der Waals surface area contributed by atoms with E-state index >= 15 is 0 Å². The van der Waals surface area contributed by atoms with E-state index in [0.717, 1.165) is 16.5 Å². The molecule has 0 bridgehead atoms. The molecule has 0 radical (unpaired) electrons. The van der Waals surface area contributed by atoms with E-state index < -0.39 is 6.10 Å². The Kier molecular flexibility index (Phi) is 4.68. The van der Waals surface area contributed by atoms with E-state index in [9.17, 15) is 5.11 Å². The quantitative estimate of drug-likeness (QED) is 0.698. The highest BCUT2D eigenvalue weighted by atomic mass is 32.2. The van der Waals surface area contributed by atoms with Gasteiger partial charge in [0, 0.05) is 24.1 Å². The number of aromatic nitrogens is 1. The molecule has 1 atom stereocenters. The Labute approximate surface area is 157 Å². The highest BCUT2D eigenvalue weighted by Gasteiger charge is 2.22. The van der Waals surface area contributed by atoms with Gasteiger partial charge in [0.05, 0.1) is 22.7 Å². The van der Waals surface area contributed by atoms with Crippen LogP contribution in [0.5, 0.6) is 0 Å². The molecule has 2 N–H and O–H groups in total. The Morgan fingerprint density at radius 3 is 2.69 bits per heavy atom. The van der Waals surface area contributed by atoms with Gasteiger partial charge in [-0.15, -0.1) is 0 Å². The predicted octanol–water partition coefficient (Wildman–Crippen LogP) is 3.02. The van der Waals surface area contributed by atoms with Crippen LogP contribution >= 0.6 is 11.8 Å². The smallest absolute Gasteiger partial charge is 0.213 e. The van der Waals surface area contributed by atoms with Crippen molar-refractivity contribution < 1.29 is 14.8 Å². The fourth-order valence-corrected chi connectivity index (χ4v) is 4.36. The number of hydrogen-bond acceptors (Lipinski definition) is 4. The van der Waals surface area contributed by atoms with Gasteiger partial charge in [0.2, 0.25) is 5.52 Å². The van der Waals surface area contributed by atoms with Crippen molar-refractivity contribution in [3.63, 3.8) is 0 Å². The lowest BCUT2D eigenvalue weighted by atomic mass is 10.1. The van der Waals surface area contributed by atoms with Crippen molar-refractivity contribution in [2.75, 3.05) is 18.6 Å². The fourth-order valence-electron chi connectivity index (χ4n) is 3.26. The van der Waals surface area contributed by atoms with Gasteiger partial charge in [0.1, 0.15) is 6.10 Å². The predicted molar refractivity (Wildman–Crippen MR) is 106 cm³/mol. The number of hydrogen-bond donors (Lipinski definition) is 2. The van der Waals surface area contributed by atoms with Gasteiger partial charge in [-0.05, 0) is 29.8 Å². The summed E-state index contributed by atoms with van der Waals surface area (Å²) in [4.78, 5) is 3.48. The molecule has 1 unspecified atom stereocenters. The summed E-state index contributed by atoms with van der Waals surface area (Å²) in [5, 5.41) is 21.3. The normalized spacial score (nSPS) is 16.3. The molecule has 0 amide bonds. The number of anilines is 1. The van der Waals surface area contributed by atoms with Crippen LogP contribution in [0.15, 0.2) is 70.7 Å². The molecule has 1 aromatic heterocycles. The molecule has 1 aliphatic heterocycles. The van der Waals surface area contributed by atoms with Gasteiger partial charge >= 0.3 is 0 Å². The zero-order chi connectivity index (χ0) is 18.1. The number of thioether (sulfide) groups is 1. The van der Waals surface area contributed by atoms with Gasteiger partial charge in [-0.3, -0.25) is 0 Å². The summed E-state index contributed by atoms with van der Waals surface area (Å²) in [6.07, 6.45) is 3.42. The SMILES string of the molecule is CN1C(=Cc2cc[n+](CC(O)CO)c3ccccc23)Sc2ccccc21. The second-order valence-corrected chi connectivity index (χ2v) is 7.45. The molecule has 132 valence electrons. The lowest BCUT2D eigenvalue weighted by Crippen LogP contribution is -2.41. The molecule has 4 nitrogen and oxygen atoms in total. The van der Waals surface area contributed by atoms with Crippen LogP contribution in [-0.4, -0.2) is 30.0 Å². The molecule has 2 aromatic carbocycles. The van der Waals surface area contributed by atoms with Crippen LogP contribution in [0, 0.1) is 0 Å². The number of fused-ring (bicyclic) bond motifs is 2. The van der Waals surface area contributed by atoms with E-state index in [0.29, 0.717) is 6.54 Å². The average molecular weight is 365 g/mol. The third kappa shape index (κ3) is 3.09. The third-order valence-corrected chi connectivity index (χ3v) is 5.79. The average Bonchev–Trinajstić information content (AvgIpc) is 2.99. The molecule has 1 aliphatic rings. The number of pyridine rings is 1. The Balaban J connectivity index is 1.76. The van der Waals surface area contributed by atoms with Gasteiger partial charge in [0.25, 0.3) is 0 Å². The second kappa shape index (κ2) is 7.11. The minimum absolute atomic E-state index is 0.243. The number of aliphatic hydroxyl groups is 2. The van der Waals surface area contributed by atoms with E-state index in [1.54, 1.807) is 11.8 Å². The van der Waals surface area contributed by atoms with Crippen LogP contribution in [0.3, 0.4) is 0 Å². The second-order valence-electron chi connectivity index (χ2n) is 6.39. The van der Waals surface area contributed by atoms with Crippen LogP contribution in [0.1, 0.15) is 5.56 Å². The maximum atomic E-state index is 9.81. The number of aliphatic hydroxyl groups excluding tert-OH is 2. The van der Waals surface area contributed by atoms with Crippen LogP contribution in [0.4, 0.5) is 5.69 Å². The highest BCUT2D eigenvalue weighted by Crippen LogP contribution is 2.45. The lowest BCUT2D eigenvalue weighted by Gasteiger charge is -2.14. The molecular weight excluding hydrogens is 344 g/mol. The molecule has 3 aromatic rings. The molecular formula is C21H21N2O2S+. The van der Waals surface area contributed by atoms with E-state index in [1.807, 2.05) is 29.0 Å². The van der Waals surface area contributed by atoms with Crippen molar-refractivity contribution in [1.29, 1.82) is 0 Å². The summed E-state index contributed by atoms with van der Waals surface area (Å²) in [7, 11) is 2.09. The van der Waals surface area contributed by atoms with Crippen molar-refractivity contribution in [2.24, 2.45) is 0 Å². The molecule has 4 rings (SSSR count). The first-order valence-corrected chi connectivity index (χ1v) is 9.41. The summed E-state index contributed by atoms with van der Waals surface area (Å²) in [5.41, 5.74) is 3.40. The molecule has 0 spiro atoms. The van der Waals surface area contributed by atoms with Crippen LogP contribution in [0.25, 0.3) is 17.0 Å². The molecule has 26 heavy (non-hydrogen) atoms. The summed E-state index contributed by atoms with van der Waals surface area (Å²) in [5.74, 6) is 0. The van der Waals surface area contributed by atoms with Crippen LogP contribution in [-0.2, 0) is 6.54 Å². The van der Waals surface area contributed by atoms with Gasteiger partial charge in [-0.25, -0.2) is 0 Å². The molecule has 5 heteroatoms. The van der Waals surface area contributed by atoms with Crippen molar-refractivity contribution in [1.82, 2.24) is 0 Å². The Bertz CT molecular complexity index is 987. The van der Waals surface area contributed by atoms with Gasteiger partial charge in [0.15, 0.2) is 12.7 Å². The standard InChI is InChI=1S/C21H21N2O2S/c1-22-19-8-4-5-9-20(19)26-21(22)12-15-10-11-23(13-16(25)14-24)18-7-3-2-6-17(15)18/h2-12,16,24-25H,13-14H2,1H3/q+1. The summed E-state index contributed by atoms with van der Waals surface area (Å²) < 4.78 is 1.98. The summed E-state index contributed by atoms with van der Waals surface area (Å²) in [6.45, 7) is 0.126. The Hall–Kier alpha value is -2.34. The maximum Gasteiger partial charge on any atom is 0.213 e. The molecule has 0 saturated carbocycles. The topological polar surface area (TPSA) is 47.6 Å². The molecule has 2 heterocycles. The van der Waals surface area contributed by atoms with Crippen LogP contribution in [0.2, 0.25) is 0 Å². The van der Waals surface area contributed by atoms with Crippen molar-refractivity contribution in [2.45, 2.75) is 17.5 Å². The van der Waals surface area contributed by atoms with E-state index in [2.05, 4.69) is 54.4 Å². The third-order valence-electron chi connectivity index (χ3n) is 4.63. The van der Waals surface area contributed by atoms with Gasteiger partial charge in [-0.2, -0.15) is 4.57 Å². The van der Waals surface area contributed by atoms with Gasteiger partial charge < -0.3 is 15.1 Å². The minimum Gasteiger partial charge on any atom is -0.393 e. The van der Waals surface area contributed by atoms with E-state index in [1.165, 1.54) is 15.6 Å². The summed E-state index contributed by atoms with van der Waals surface area (Å²) >= 11 is 1.77. The lowest BCUT2D eigenvalue weighted by molar-refractivity contribution is -0.678. The first-order valence-electron chi connectivity index (χ1n) is 8.60. The number of benzene rings is 2. The van der Waals surface area contributed by atoms with E-state index in [4.69, 9.17) is 5.11 Å². The van der Waals surface area contributed by atoms with Crippen molar-refractivity contribution >= 4 is 34.4 Å². The monoisotopic (exact) mass is 365 g/mol. The zero-order valence-electron chi connectivity index (χ0n) is 14.5. The number of para-hydroxylation sites is 2. The molecule has 0 saturated heterocycles. The Morgan fingerprint density at radius 1 is 1.12 bits per heavy atom. The van der Waals surface area contributed by atoms with Crippen LogP contribution < -0.4 is 9.47 Å². The maximum absolute atomic E-state index is 9.81. The minimum atomic E-state index is -0.765. The molecule has 0 fully saturated rings. The highest BCUT2D eigenvalue weighted by molar-refractivity contribution is 8.03. The van der Waals surface area contributed by atoms with Gasteiger partial charge in [-0.1, -0.05) is 36.0 Å². The summed E-state index contributed by atoms with van der Waals surface area (Å²) in [6, 6.07) is 18.6. The van der Waals surface area contributed by atoms with E-state index in [-0.39, 0.29) is 6.61 Å². The number of nitrogens with zero attached hydrogens (tertiary/aromatic N) is 2. The molecule has 0 aliphatic carbocycles. The van der Waals surface area contributed by atoms with Crippen molar-refractivity contribution in [3.8, 4) is 0 Å². The largest absolute Gasteiger partial charge is 0.393 e. The first-order chi connectivity index (χ1) is 12.7. The Morgan fingerprint density at radius 2 is 1.88 bits per heavy atom. The zero-order valence-corrected chi connectivity index (χ0v) is 15.4.